The SMILES string of the molecule is CCC1CCC(CI)(OCCCOCCOC)CC1. The standard InChI is InChI=1S/C15H29IO3/c1-3-14-5-7-15(13-16,8-6-14)19-10-4-9-18-12-11-17-2/h14H,3-13H2,1-2H3. The summed E-state index contributed by atoms with van der Waals surface area (Å²) in [5.74, 6) is 0.928. The summed E-state index contributed by atoms with van der Waals surface area (Å²) >= 11 is 2.49. The molecule has 0 radical (unpaired) electrons. The molecule has 0 aromatic heterocycles. The molecule has 114 valence electrons. The average molecular weight is 384 g/mol. The summed E-state index contributed by atoms with van der Waals surface area (Å²) in [6, 6.07) is 0. The van der Waals surface area contributed by atoms with Gasteiger partial charge >= 0.3 is 0 Å². The van der Waals surface area contributed by atoms with Gasteiger partial charge in [0.2, 0.25) is 0 Å². The Balaban J connectivity index is 2.11. The van der Waals surface area contributed by atoms with Crippen LogP contribution in [0.3, 0.4) is 0 Å². The first-order chi connectivity index (χ1) is 9.26. The largest absolute Gasteiger partial charge is 0.382 e. The van der Waals surface area contributed by atoms with Gasteiger partial charge in [0.1, 0.15) is 0 Å². The number of hydrogen-bond acceptors (Lipinski definition) is 3. The first-order valence-electron chi connectivity index (χ1n) is 7.53. The van der Waals surface area contributed by atoms with Crippen molar-refractivity contribution in [3.63, 3.8) is 0 Å². The van der Waals surface area contributed by atoms with Crippen LogP contribution in [0.1, 0.15) is 45.4 Å². The predicted octanol–water partition coefficient (Wildman–Crippen LogP) is 3.83. The molecule has 0 bridgehead atoms. The van der Waals surface area contributed by atoms with Crippen molar-refractivity contribution in [1.29, 1.82) is 0 Å². The van der Waals surface area contributed by atoms with Gasteiger partial charge in [-0.05, 0) is 38.0 Å². The maximum atomic E-state index is 6.20. The fourth-order valence-corrected chi connectivity index (χ4v) is 3.61. The third-order valence-corrected chi connectivity index (χ3v) is 5.50. The van der Waals surface area contributed by atoms with Crippen molar-refractivity contribution in [2.24, 2.45) is 5.92 Å². The molecule has 0 spiro atoms. The number of alkyl halides is 1. The maximum absolute atomic E-state index is 6.20. The first kappa shape index (κ1) is 17.7. The summed E-state index contributed by atoms with van der Waals surface area (Å²) in [5.41, 5.74) is 0.152. The Morgan fingerprint density at radius 1 is 1.11 bits per heavy atom. The van der Waals surface area contributed by atoms with E-state index in [2.05, 4.69) is 29.5 Å². The molecule has 1 rings (SSSR count). The van der Waals surface area contributed by atoms with Crippen LogP contribution in [0.25, 0.3) is 0 Å². The molecule has 0 unspecified atom stereocenters. The summed E-state index contributed by atoms with van der Waals surface area (Å²) < 4.78 is 17.7. The number of halogens is 1. The molecule has 1 fully saturated rings. The Kier molecular flexibility index (Phi) is 9.62. The lowest BCUT2D eigenvalue weighted by Gasteiger charge is -2.39. The Hall–Kier alpha value is 0.610. The van der Waals surface area contributed by atoms with Gasteiger partial charge in [0, 0.05) is 24.8 Å². The van der Waals surface area contributed by atoms with Gasteiger partial charge in [-0.15, -0.1) is 0 Å². The smallest absolute Gasteiger partial charge is 0.0771 e. The van der Waals surface area contributed by atoms with Gasteiger partial charge in [-0.2, -0.15) is 0 Å². The molecule has 0 aromatic rings. The fourth-order valence-electron chi connectivity index (χ4n) is 2.62. The minimum Gasteiger partial charge on any atom is -0.382 e. The van der Waals surface area contributed by atoms with E-state index < -0.39 is 0 Å². The Morgan fingerprint density at radius 3 is 2.42 bits per heavy atom. The van der Waals surface area contributed by atoms with Gasteiger partial charge in [-0.1, -0.05) is 35.9 Å². The van der Waals surface area contributed by atoms with Crippen LogP contribution < -0.4 is 0 Å². The van der Waals surface area contributed by atoms with E-state index in [9.17, 15) is 0 Å². The van der Waals surface area contributed by atoms with E-state index >= 15 is 0 Å². The van der Waals surface area contributed by atoms with Gasteiger partial charge in [0.05, 0.1) is 18.8 Å². The second kappa shape index (κ2) is 10.4. The lowest BCUT2D eigenvalue weighted by molar-refractivity contribution is -0.0655. The third-order valence-electron chi connectivity index (χ3n) is 4.11. The molecule has 1 aliphatic rings. The maximum Gasteiger partial charge on any atom is 0.0771 e. The first-order valence-corrected chi connectivity index (χ1v) is 9.05. The lowest BCUT2D eigenvalue weighted by atomic mass is 9.79. The van der Waals surface area contributed by atoms with Crippen molar-refractivity contribution in [3.05, 3.63) is 0 Å². The number of ether oxygens (including phenoxy) is 3. The predicted molar refractivity (Wildman–Crippen MR) is 87.1 cm³/mol. The van der Waals surface area contributed by atoms with Crippen LogP contribution in [0.5, 0.6) is 0 Å². The van der Waals surface area contributed by atoms with E-state index in [1.54, 1.807) is 7.11 Å². The van der Waals surface area contributed by atoms with Gasteiger partial charge in [0.25, 0.3) is 0 Å². The van der Waals surface area contributed by atoms with E-state index in [-0.39, 0.29) is 5.60 Å². The monoisotopic (exact) mass is 384 g/mol. The van der Waals surface area contributed by atoms with E-state index in [1.165, 1.54) is 32.1 Å². The summed E-state index contributed by atoms with van der Waals surface area (Å²) in [6.07, 6.45) is 7.45. The molecule has 19 heavy (non-hydrogen) atoms. The number of rotatable bonds is 10. The summed E-state index contributed by atoms with van der Waals surface area (Å²) in [4.78, 5) is 0. The minimum atomic E-state index is 0.152. The summed E-state index contributed by atoms with van der Waals surface area (Å²) in [7, 11) is 1.70. The van der Waals surface area contributed by atoms with Crippen LogP contribution in [0, 0.1) is 5.92 Å². The van der Waals surface area contributed by atoms with Crippen molar-refractivity contribution in [3.8, 4) is 0 Å². The highest BCUT2D eigenvalue weighted by Crippen LogP contribution is 2.37. The van der Waals surface area contributed by atoms with Crippen LogP contribution in [0.15, 0.2) is 0 Å². The number of hydrogen-bond donors (Lipinski definition) is 0. The quantitative estimate of drug-likeness (QED) is 0.326. The Labute approximate surface area is 131 Å². The molecule has 1 saturated carbocycles. The van der Waals surface area contributed by atoms with E-state index in [1.807, 2.05) is 0 Å². The molecule has 0 heterocycles. The van der Waals surface area contributed by atoms with Crippen LogP contribution in [0.2, 0.25) is 0 Å². The zero-order chi connectivity index (χ0) is 14.0. The van der Waals surface area contributed by atoms with Crippen molar-refractivity contribution < 1.29 is 14.2 Å². The van der Waals surface area contributed by atoms with Gasteiger partial charge < -0.3 is 14.2 Å². The molecule has 0 aliphatic heterocycles. The molecule has 0 atom stereocenters. The molecule has 0 aromatic carbocycles. The van der Waals surface area contributed by atoms with Gasteiger partial charge in [-0.25, -0.2) is 0 Å². The second-order valence-electron chi connectivity index (χ2n) is 5.48. The summed E-state index contributed by atoms with van der Waals surface area (Å²) in [5, 5.41) is 0. The molecule has 0 amide bonds. The number of methoxy groups -OCH3 is 1. The highest BCUT2D eigenvalue weighted by molar-refractivity contribution is 14.1. The van der Waals surface area contributed by atoms with Crippen LogP contribution in [-0.4, -0.2) is 43.6 Å². The van der Waals surface area contributed by atoms with Crippen molar-refractivity contribution in [1.82, 2.24) is 0 Å². The Morgan fingerprint density at radius 2 is 1.84 bits per heavy atom. The molecular formula is C15H29IO3. The zero-order valence-corrected chi connectivity index (χ0v) is 14.6. The lowest BCUT2D eigenvalue weighted by Crippen LogP contribution is -2.39. The molecule has 0 N–H and O–H groups in total. The topological polar surface area (TPSA) is 27.7 Å². The van der Waals surface area contributed by atoms with Gasteiger partial charge in [-0.3, -0.25) is 0 Å². The van der Waals surface area contributed by atoms with Crippen molar-refractivity contribution in [2.45, 2.75) is 51.0 Å². The van der Waals surface area contributed by atoms with Crippen molar-refractivity contribution in [2.75, 3.05) is 38.0 Å². The molecule has 1 aliphatic carbocycles. The van der Waals surface area contributed by atoms with E-state index in [4.69, 9.17) is 14.2 Å². The van der Waals surface area contributed by atoms with E-state index in [0.717, 1.165) is 30.0 Å². The zero-order valence-electron chi connectivity index (χ0n) is 12.5. The molecule has 4 heteroatoms. The van der Waals surface area contributed by atoms with Crippen LogP contribution >= 0.6 is 22.6 Å². The summed E-state index contributed by atoms with van der Waals surface area (Å²) in [6.45, 7) is 5.27. The van der Waals surface area contributed by atoms with Crippen LogP contribution in [-0.2, 0) is 14.2 Å². The molecular weight excluding hydrogens is 355 g/mol. The second-order valence-corrected chi connectivity index (χ2v) is 6.24. The average Bonchev–Trinajstić information content (AvgIpc) is 2.47. The fraction of sp³-hybridized carbons (Fsp3) is 1.00. The minimum absolute atomic E-state index is 0.152. The highest BCUT2D eigenvalue weighted by Gasteiger charge is 2.34. The highest BCUT2D eigenvalue weighted by atomic mass is 127. The third kappa shape index (κ3) is 6.74. The van der Waals surface area contributed by atoms with Gasteiger partial charge in [0.15, 0.2) is 0 Å². The normalized spacial score (nSPS) is 27.6. The molecule has 0 saturated heterocycles. The molecule has 3 nitrogen and oxygen atoms in total. The van der Waals surface area contributed by atoms with Crippen LogP contribution in [0.4, 0.5) is 0 Å². The van der Waals surface area contributed by atoms with E-state index in [0.29, 0.717) is 13.2 Å². The van der Waals surface area contributed by atoms with Crippen molar-refractivity contribution >= 4 is 22.6 Å². The Bertz CT molecular complexity index is 215.